The van der Waals surface area contributed by atoms with E-state index in [4.69, 9.17) is 0 Å². The number of aromatic nitrogens is 2. The van der Waals surface area contributed by atoms with Crippen LogP contribution in [0.3, 0.4) is 0 Å². The molecule has 0 amide bonds. The minimum atomic E-state index is -3.64. The van der Waals surface area contributed by atoms with Gasteiger partial charge in [0.15, 0.2) is 5.03 Å². The van der Waals surface area contributed by atoms with Crippen LogP contribution in [0.4, 0.5) is 5.69 Å². The molecule has 1 aliphatic heterocycles. The first-order valence-corrected chi connectivity index (χ1v) is 11.9. The van der Waals surface area contributed by atoms with Gasteiger partial charge in [0.2, 0.25) is 9.84 Å². The van der Waals surface area contributed by atoms with Gasteiger partial charge >= 0.3 is 0 Å². The lowest BCUT2D eigenvalue weighted by Gasteiger charge is -2.34. The van der Waals surface area contributed by atoms with Gasteiger partial charge in [-0.15, -0.1) is 0 Å². The average Bonchev–Trinajstić information content (AvgIpc) is 3.09. The standard InChI is InChI=1S/C20H24N4O2S2/c1-15-12-20(24(21-15)27-3)28(25,26)19-7-5-16-4-6-18(13-17(16)14-19)23-10-8-22(2)9-11-23/h4-7,12-14H,8-11H2,1-3H3. The highest BCUT2D eigenvalue weighted by Gasteiger charge is 2.24. The maximum atomic E-state index is 13.2. The molecule has 0 radical (unpaired) electrons. The molecule has 148 valence electrons. The van der Waals surface area contributed by atoms with Crippen LogP contribution in [0.15, 0.2) is 52.4 Å². The van der Waals surface area contributed by atoms with Crippen LogP contribution >= 0.6 is 11.9 Å². The molecule has 0 aliphatic carbocycles. The van der Waals surface area contributed by atoms with E-state index < -0.39 is 9.84 Å². The molecule has 0 saturated carbocycles. The molecule has 0 atom stereocenters. The summed E-state index contributed by atoms with van der Waals surface area (Å²) in [6.07, 6.45) is 1.81. The van der Waals surface area contributed by atoms with E-state index in [1.807, 2.05) is 12.3 Å². The number of hydrogen-bond donors (Lipinski definition) is 0. The van der Waals surface area contributed by atoms with Crippen molar-refractivity contribution in [2.45, 2.75) is 16.8 Å². The Morgan fingerprint density at radius 1 is 0.964 bits per heavy atom. The SMILES string of the molecule is CSn1nc(C)cc1S(=O)(=O)c1ccc2ccc(N3CCN(C)CC3)cc2c1. The summed E-state index contributed by atoms with van der Waals surface area (Å²) in [5.74, 6) is 0. The Morgan fingerprint density at radius 2 is 1.68 bits per heavy atom. The smallest absolute Gasteiger partial charge is 0.224 e. The van der Waals surface area contributed by atoms with Crippen molar-refractivity contribution in [1.29, 1.82) is 0 Å². The summed E-state index contributed by atoms with van der Waals surface area (Å²) in [5.41, 5.74) is 1.83. The fourth-order valence-corrected chi connectivity index (χ4v) is 5.83. The van der Waals surface area contributed by atoms with E-state index in [2.05, 4.69) is 40.1 Å². The van der Waals surface area contributed by atoms with E-state index in [1.165, 1.54) is 16.0 Å². The summed E-state index contributed by atoms with van der Waals surface area (Å²) < 4.78 is 27.9. The molecule has 6 nitrogen and oxygen atoms in total. The normalized spacial score (nSPS) is 16.0. The van der Waals surface area contributed by atoms with Gasteiger partial charge in [0.25, 0.3) is 0 Å². The number of nitrogens with zero attached hydrogens (tertiary/aromatic N) is 4. The van der Waals surface area contributed by atoms with Gasteiger partial charge in [-0.3, -0.25) is 0 Å². The van der Waals surface area contributed by atoms with Gasteiger partial charge in [0.05, 0.1) is 10.6 Å². The highest BCUT2D eigenvalue weighted by atomic mass is 32.2. The van der Waals surface area contributed by atoms with Crippen molar-refractivity contribution in [2.24, 2.45) is 0 Å². The van der Waals surface area contributed by atoms with E-state index in [-0.39, 0.29) is 5.03 Å². The second kappa shape index (κ2) is 7.42. The molecule has 0 spiro atoms. The van der Waals surface area contributed by atoms with E-state index in [0.717, 1.165) is 42.6 Å². The van der Waals surface area contributed by atoms with Crippen molar-refractivity contribution in [2.75, 3.05) is 44.4 Å². The van der Waals surface area contributed by atoms with Gasteiger partial charge in [-0.2, -0.15) is 9.19 Å². The highest BCUT2D eigenvalue weighted by Crippen LogP contribution is 2.29. The second-order valence-corrected chi connectivity index (χ2v) is 9.77. The van der Waals surface area contributed by atoms with Crippen LogP contribution < -0.4 is 4.90 Å². The van der Waals surface area contributed by atoms with Gasteiger partial charge in [0.1, 0.15) is 0 Å². The number of piperazine rings is 1. The summed E-state index contributed by atoms with van der Waals surface area (Å²) >= 11 is 1.28. The molecular weight excluding hydrogens is 392 g/mol. The number of rotatable bonds is 4. The summed E-state index contributed by atoms with van der Waals surface area (Å²) in [4.78, 5) is 4.97. The fourth-order valence-electron chi connectivity index (χ4n) is 3.53. The maximum Gasteiger partial charge on any atom is 0.224 e. The van der Waals surface area contributed by atoms with E-state index in [0.29, 0.717) is 10.6 Å². The lowest BCUT2D eigenvalue weighted by Crippen LogP contribution is -2.44. The van der Waals surface area contributed by atoms with Gasteiger partial charge in [-0.1, -0.05) is 12.1 Å². The predicted octanol–water partition coefficient (Wildman–Crippen LogP) is 3.06. The van der Waals surface area contributed by atoms with Crippen LogP contribution in [-0.2, 0) is 9.84 Å². The van der Waals surface area contributed by atoms with E-state index >= 15 is 0 Å². The van der Waals surface area contributed by atoms with Crippen molar-refractivity contribution in [1.82, 2.24) is 14.1 Å². The maximum absolute atomic E-state index is 13.2. The first-order chi connectivity index (χ1) is 13.4. The van der Waals surface area contributed by atoms with Gasteiger partial charge in [-0.05, 0) is 67.0 Å². The number of anilines is 1. The Bertz CT molecular complexity index is 1120. The number of hydrogen-bond acceptors (Lipinski definition) is 6. The van der Waals surface area contributed by atoms with Crippen LogP contribution in [-0.4, -0.2) is 62.0 Å². The monoisotopic (exact) mass is 416 g/mol. The van der Waals surface area contributed by atoms with Crippen molar-refractivity contribution in [3.8, 4) is 0 Å². The van der Waals surface area contributed by atoms with Crippen molar-refractivity contribution >= 4 is 38.2 Å². The number of likely N-dealkylation sites (N-methyl/N-ethyl adjacent to an activating group) is 1. The molecule has 8 heteroatoms. The number of fused-ring (bicyclic) bond motifs is 1. The van der Waals surface area contributed by atoms with Gasteiger partial charge in [-0.25, -0.2) is 8.42 Å². The molecular formula is C20H24N4O2S2. The lowest BCUT2D eigenvalue weighted by molar-refractivity contribution is 0.313. The molecule has 0 bridgehead atoms. The largest absolute Gasteiger partial charge is 0.369 e. The molecule has 2 heterocycles. The Balaban J connectivity index is 1.74. The molecule has 28 heavy (non-hydrogen) atoms. The summed E-state index contributed by atoms with van der Waals surface area (Å²) in [6, 6.07) is 13.2. The van der Waals surface area contributed by atoms with Crippen LogP contribution in [0, 0.1) is 6.92 Å². The number of benzene rings is 2. The number of sulfone groups is 1. The fraction of sp³-hybridized carbons (Fsp3) is 0.350. The minimum absolute atomic E-state index is 0.215. The van der Waals surface area contributed by atoms with Crippen molar-refractivity contribution in [3.63, 3.8) is 0 Å². The van der Waals surface area contributed by atoms with Crippen LogP contribution in [0.25, 0.3) is 10.8 Å². The van der Waals surface area contributed by atoms with Crippen LogP contribution in [0.5, 0.6) is 0 Å². The Labute approximate surface area is 170 Å². The van der Waals surface area contributed by atoms with Gasteiger partial charge < -0.3 is 9.80 Å². The molecule has 4 rings (SSSR count). The zero-order chi connectivity index (χ0) is 19.9. The molecule has 0 unspecified atom stereocenters. The van der Waals surface area contributed by atoms with E-state index in [9.17, 15) is 8.42 Å². The zero-order valence-electron chi connectivity index (χ0n) is 16.3. The topological polar surface area (TPSA) is 58.4 Å². The van der Waals surface area contributed by atoms with Crippen LogP contribution in [0.1, 0.15) is 5.69 Å². The van der Waals surface area contributed by atoms with Crippen molar-refractivity contribution < 1.29 is 8.42 Å². The third-order valence-corrected chi connectivity index (χ3v) is 7.65. The molecule has 2 aromatic carbocycles. The highest BCUT2D eigenvalue weighted by molar-refractivity contribution is 7.98. The van der Waals surface area contributed by atoms with Crippen LogP contribution in [0.2, 0.25) is 0 Å². The quantitative estimate of drug-likeness (QED) is 0.652. The predicted molar refractivity (Wildman–Crippen MR) is 115 cm³/mol. The van der Waals surface area contributed by atoms with E-state index in [1.54, 1.807) is 25.1 Å². The lowest BCUT2D eigenvalue weighted by atomic mass is 10.1. The second-order valence-electron chi connectivity index (χ2n) is 7.17. The average molecular weight is 417 g/mol. The van der Waals surface area contributed by atoms with Gasteiger partial charge in [0, 0.05) is 38.1 Å². The zero-order valence-corrected chi connectivity index (χ0v) is 17.9. The molecule has 3 aromatic rings. The summed E-state index contributed by atoms with van der Waals surface area (Å²) in [7, 11) is -1.50. The van der Waals surface area contributed by atoms with Crippen molar-refractivity contribution in [3.05, 3.63) is 48.2 Å². The summed E-state index contributed by atoms with van der Waals surface area (Å²) in [6.45, 7) is 5.82. The third-order valence-electron chi connectivity index (χ3n) is 5.19. The molecule has 1 saturated heterocycles. The Hall–Kier alpha value is -2.03. The summed E-state index contributed by atoms with van der Waals surface area (Å²) in [5, 5.41) is 6.44. The first-order valence-electron chi connectivity index (χ1n) is 9.22. The Kier molecular flexibility index (Phi) is 5.11. The Morgan fingerprint density at radius 3 is 2.39 bits per heavy atom. The third kappa shape index (κ3) is 3.52. The molecule has 1 fully saturated rings. The number of aryl methyl sites for hydroxylation is 1. The molecule has 0 N–H and O–H groups in total. The first kappa shape index (κ1) is 19.3. The molecule has 1 aliphatic rings. The molecule has 1 aromatic heterocycles. The minimum Gasteiger partial charge on any atom is -0.369 e.